The summed E-state index contributed by atoms with van der Waals surface area (Å²) in [5.74, 6) is -1.69. The number of aromatic nitrogens is 3. The fraction of sp³-hybridized carbons (Fsp3) is 0.176. The van der Waals surface area contributed by atoms with Crippen LogP contribution in [0.1, 0.15) is 28.5 Å². The summed E-state index contributed by atoms with van der Waals surface area (Å²) in [6.07, 6.45) is 3.46. The summed E-state index contributed by atoms with van der Waals surface area (Å²) in [6, 6.07) is 6.92. The van der Waals surface area contributed by atoms with E-state index in [2.05, 4.69) is 25.0 Å². The molecule has 28 heavy (non-hydrogen) atoms. The van der Waals surface area contributed by atoms with Crippen LogP contribution in [0.2, 0.25) is 0 Å². The molecule has 2 heterocycles. The minimum absolute atomic E-state index is 0.104. The van der Waals surface area contributed by atoms with Gasteiger partial charge in [0, 0.05) is 11.9 Å². The Morgan fingerprint density at radius 2 is 2.04 bits per heavy atom. The number of rotatable bonds is 7. The van der Waals surface area contributed by atoms with E-state index in [1.54, 1.807) is 24.4 Å². The Labute approximate surface area is 160 Å². The van der Waals surface area contributed by atoms with Gasteiger partial charge in [-0.05, 0) is 23.8 Å². The van der Waals surface area contributed by atoms with E-state index >= 15 is 0 Å². The Balaban J connectivity index is 1.90. The number of sulfonamides is 1. The monoisotopic (exact) mass is 403 g/mol. The van der Waals surface area contributed by atoms with Crippen LogP contribution in [0.25, 0.3) is 11.0 Å². The Morgan fingerprint density at radius 3 is 2.75 bits per heavy atom. The molecule has 0 radical (unpaired) electrons. The summed E-state index contributed by atoms with van der Waals surface area (Å²) >= 11 is 0. The van der Waals surface area contributed by atoms with Gasteiger partial charge in [0.05, 0.1) is 24.1 Å². The largest absolute Gasteiger partial charge is 0.481 e. The van der Waals surface area contributed by atoms with Crippen LogP contribution >= 0.6 is 0 Å². The molecule has 0 unspecified atom stereocenters. The lowest BCUT2D eigenvalue weighted by Crippen LogP contribution is -2.31. The van der Waals surface area contributed by atoms with Crippen molar-refractivity contribution in [3.05, 3.63) is 54.1 Å². The van der Waals surface area contributed by atoms with Gasteiger partial charge in [-0.25, -0.2) is 18.4 Å². The van der Waals surface area contributed by atoms with Gasteiger partial charge in [0.1, 0.15) is 17.7 Å². The number of nitrogens with one attached hydrogen (secondary N) is 3. The molecule has 3 aromatic rings. The van der Waals surface area contributed by atoms with Gasteiger partial charge in [-0.15, -0.1) is 0 Å². The number of carbonyl (C=O) groups excluding carboxylic acids is 1. The second kappa shape index (κ2) is 7.64. The second-order valence-electron chi connectivity index (χ2n) is 6.09. The van der Waals surface area contributed by atoms with Gasteiger partial charge >= 0.3 is 5.97 Å². The molecule has 0 saturated carbocycles. The Kier molecular flexibility index (Phi) is 5.27. The first-order valence-electron chi connectivity index (χ1n) is 8.11. The molecule has 1 aromatic carbocycles. The minimum Gasteiger partial charge on any atom is -0.481 e. The van der Waals surface area contributed by atoms with Crippen LogP contribution < -0.4 is 10.0 Å². The van der Waals surface area contributed by atoms with Crippen molar-refractivity contribution in [2.75, 3.05) is 11.0 Å². The van der Waals surface area contributed by atoms with E-state index in [1.807, 2.05) is 0 Å². The molecule has 1 amide bonds. The van der Waals surface area contributed by atoms with Gasteiger partial charge in [-0.3, -0.25) is 14.3 Å². The van der Waals surface area contributed by atoms with Gasteiger partial charge in [0.2, 0.25) is 10.0 Å². The summed E-state index contributed by atoms with van der Waals surface area (Å²) in [7, 11) is -3.50. The zero-order valence-electron chi connectivity index (χ0n) is 14.7. The zero-order chi connectivity index (χ0) is 20.3. The lowest BCUT2D eigenvalue weighted by atomic mass is 10.0. The fourth-order valence-corrected chi connectivity index (χ4v) is 3.29. The molecule has 0 saturated heterocycles. The Morgan fingerprint density at radius 1 is 1.25 bits per heavy atom. The number of nitrogens with zero attached hydrogens (tertiary/aromatic N) is 2. The van der Waals surface area contributed by atoms with Crippen LogP contribution in [0.15, 0.2) is 42.9 Å². The lowest BCUT2D eigenvalue weighted by Gasteiger charge is -2.18. The number of H-pyrrole nitrogens is 1. The van der Waals surface area contributed by atoms with Crippen molar-refractivity contribution in [2.45, 2.75) is 12.5 Å². The molecular weight excluding hydrogens is 386 g/mol. The first-order chi connectivity index (χ1) is 13.2. The number of aliphatic carboxylic acids is 1. The number of amides is 1. The van der Waals surface area contributed by atoms with Gasteiger partial charge in [0.25, 0.3) is 5.91 Å². The van der Waals surface area contributed by atoms with E-state index in [-0.39, 0.29) is 11.4 Å². The molecule has 3 rings (SSSR count). The van der Waals surface area contributed by atoms with Crippen molar-refractivity contribution in [3.8, 4) is 0 Å². The molecule has 0 aliphatic heterocycles. The average Bonchev–Trinajstić information content (AvgIpc) is 3.08. The van der Waals surface area contributed by atoms with Crippen LogP contribution in [0.4, 0.5) is 5.69 Å². The standard InChI is InChI=1S/C17H17N5O5S/c1-28(26,27)22-11-4-2-3-10(7-11)13(8-14(23)24)21-17(25)15-12-5-6-18-16(12)20-9-19-15/h2-7,9,13,22H,8H2,1H3,(H,21,25)(H,23,24)(H,18,19,20)/t13-/m1/s1. The highest BCUT2D eigenvalue weighted by atomic mass is 32.2. The quantitative estimate of drug-likeness (QED) is 0.463. The zero-order valence-corrected chi connectivity index (χ0v) is 15.5. The molecule has 10 nitrogen and oxygen atoms in total. The number of carbonyl (C=O) groups is 2. The van der Waals surface area contributed by atoms with E-state index in [0.717, 1.165) is 6.26 Å². The molecular formula is C17H17N5O5S. The molecule has 2 aromatic heterocycles. The average molecular weight is 403 g/mol. The number of anilines is 1. The Bertz CT molecular complexity index is 1140. The smallest absolute Gasteiger partial charge is 0.305 e. The predicted molar refractivity (Wildman–Crippen MR) is 101 cm³/mol. The molecule has 146 valence electrons. The molecule has 4 N–H and O–H groups in total. The van der Waals surface area contributed by atoms with E-state index < -0.39 is 34.4 Å². The number of hydrogen-bond donors (Lipinski definition) is 4. The number of hydrogen-bond acceptors (Lipinski definition) is 6. The summed E-state index contributed by atoms with van der Waals surface area (Å²) in [5, 5.41) is 12.4. The van der Waals surface area contributed by atoms with Crippen molar-refractivity contribution in [1.82, 2.24) is 20.3 Å². The molecule has 0 fully saturated rings. The van der Waals surface area contributed by atoms with Gasteiger partial charge < -0.3 is 15.4 Å². The third kappa shape index (κ3) is 4.62. The number of aromatic amines is 1. The SMILES string of the molecule is CS(=O)(=O)Nc1cccc([C@@H](CC(=O)O)NC(=O)c2ncnc3[nH]ccc23)c1. The van der Waals surface area contributed by atoms with Crippen LogP contribution in [0.5, 0.6) is 0 Å². The van der Waals surface area contributed by atoms with E-state index in [4.69, 9.17) is 0 Å². The van der Waals surface area contributed by atoms with Crippen LogP contribution in [0.3, 0.4) is 0 Å². The molecule has 0 bridgehead atoms. The lowest BCUT2D eigenvalue weighted by molar-refractivity contribution is -0.137. The molecule has 11 heteroatoms. The Hall–Kier alpha value is -3.47. The third-order valence-corrected chi connectivity index (χ3v) is 4.45. The number of carboxylic acid groups (broad SMARTS) is 1. The minimum atomic E-state index is -3.50. The van der Waals surface area contributed by atoms with Gasteiger partial charge in [-0.2, -0.15) is 0 Å². The first-order valence-corrected chi connectivity index (χ1v) is 10.0. The van der Waals surface area contributed by atoms with E-state index in [0.29, 0.717) is 16.6 Å². The summed E-state index contributed by atoms with van der Waals surface area (Å²) in [4.78, 5) is 34.9. The molecule has 0 aliphatic rings. The van der Waals surface area contributed by atoms with E-state index in [1.165, 1.54) is 18.5 Å². The highest BCUT2D eigenvalue weighted by molar-refractivity contribution is 7.92. The molecule has 0 spiro atoms. The number of benzene rings is 1. The topological polar surface area (TPSA) is 154 Å². The fourth-order valence-electron chi connectivity index (χ4n) is 2.74. The first kappa shape index (κ1) is 19.3. The molecule has 1 atom stereocenters. The third-order valence-electron chi connectivity index (χ3n) is 3.85. The summed E-state index contributed by atoms with van der Waals surface area (Å²) in [5.41, 5.74) is 1.28. The van der Waals surface area contributed by atoms with Crippen LogP contribution in [0, 0.1) is 0 Å². The van der Waals surface area contributed by atoms with Crippen LogP contribution in [-0.4, -0.2) is 46.6 Å². The van der Waals surface area contributed by atoms with Crippen molar-refractivity contribution >= 4 is 38.6 Å². The van der Waals surface area contributed by atoms with E-state index in [9.17, 15) is 23.1 Å². The highest BCUT2D eigenvalue weighted by Gasteiger charge is 2.22. The molecule has 0 aliphatic carbocycles. The number of carboxylic acids is 1. The van der Waals surface area contributed by atoms with Gasteiger partial charge in [0.15, 0.2) is 0 Å². The van der Waals surface area contributed by atoms with Crippen molar-refractivity contribution in [1.29, 1.82) is 0 Å². The second-order valence-corrected chi connectivity index (χ2v) is 7.83. The maximum atomic E-state index is 12.7. The predicted octanol–water partition coefficient (Wildman–Crippen LogP) is 1.28. The van der Waals surface area contributed by atoms with Crippen LogP contribution in [-0.2, 0) is 14.8 Å². The maximum Gasteiger partial charge on any atom is 0.305 e. The van der Waals surface area contributed by atoms with Crippen molar-refractivity contribution in [3.63, 3.8) is 0 Å². The number of fused-ring (bicyclic) bond motifs is 1. The highest BCUT2D eigenvalue weighted by Crippen LogP contribution is 2.22. The van der Waals surface area contributed by atoms with Crippen molar-refractivity contribution < 1.29 is 23.1 Å². The maximum absolute atomic E-state index is 12.7. The van der Waals surface area contributed by atoms with Crippen molar-refractivity contribution in [2.24, 2.45) is 0 Å². The summed E-state index contributed by atoms with van der Waals surface area (Å²) in [6.45, 7) is 0. The van der Waals surface area contributed by atoms with Gasteiger partial charge in [-0.1, -0.05) is 12.1 Å². The normalized spacial score (nSPS) is 12.5. The summed E-state index contributed by atoms with van der Waals surface area (Å²) < 4.78 is 25.2.